The first-order valence-corrected chi connectivity index (χ1v) is 3.79. The molecule has 1 nitrogen and oxygen atoms in total. The second-order valence-corrected chi connectivity index (χ2v) is 2.93. The van der Waals surface area contributed by atoms with Gasteiger partial charge in [-0.15, -0.1) is 24.0 Å². The Kier molecular flexibility index (Phi) is 5.67. The van der Waals surface area contributed by atoms with Gasteiger partial charge in [0, 0.05) is 11.6 Å². The van der Waals surface area contributed by atoms with Crippen molar-refractivity contribution in [1.29, 1.82) is 0 Å². The molecule has 3 heteroatoms. The normalized spacial score (nSPS) is 7.33. The van der Waals surface area contributed by atoms with Crippen LogP contribution in [0.2, 0.25) is 0 Å². The van der Waals surface area contributed by atoms with Crippen LogP contribution in [0, 0.1) is 0 Å². The lowest BCUT2D eigenvalue weighted by molar-refractivity contribution is 1.43. The zero-order valence-electron chi connectivity index (χ0n) is 5.24. The minimum atomic E-state index is 0.861. The monoisotopic (exact) mass is 159 g/mol. The van der Waals surface area contributed by atoms with Gasteiger partial charge in [0.1, 0.15) is 0 Å². The van der Waals surface area contributed by atoms with Crippen LogP contribution in [0.5, 0.6) is 0 Å². The average Bonchev–Trinajstić information content (AvgIpc) is 2.11. The highest BCUT2D eigenvalue weighted by molar-refractivity contribution is 7.84. The molecule has 0 aliphatic rings. The minimum Gasteiger partial charge on any atom is -0.253 e. The smallest absolute Gasteiger partial charge is 0.0791 e. The van der Waals surface area contributed by atoms with Gasteiger partial charge in [0.2, 0.25) is 0 Å². The predicted molar refractivity (Wildman–Crippen MR) is 45.9 cm³/mol. The van der Waals surface area contributed by atoms with Crippen molar-refractivity contribution in [3.8, 4) is 0 Å². The van der Waals surface area contributed by atoms with E-state index in [1.807, 2.05) is 12.3 Å². The molecule has 0 bridgehead atoms. The number of aromatic nitrogens is 1. The van der Waals surface area contributed by atoms with Crippen molar-refractivity contribution in [2.45, 2.75) is 6.92 Å². The molecule has 9 heavy (non-hydrogen) atoms. The highest BCUT2D eigenvalue weighted by Crippen LogP contribution is 1.86. The second-order valence-electron chi connectivity index (χ2n) is 1.41. The van der Waals surface area contributed by atoms with Crippen LogP contribution >= 0.6 is 24.0 Å². The molecule has 0 radical (unpaired) electrons. The van der Waals surface area contributed by atoms with E-state index >= 15 is 0 Å². The van der Waals surface area contributed by atoms with E-state index in [0.29, 0.717) is 0 Å². The van der Waals surface area contributed by atoms with Crippen molar-refractivity contribution >= 4 is 24.0 Å². The van der Waals surface area contributed by atoms with Gasteiger partial charge in [-0.2, -0.15) is 0 Å². The fraction of sp³-hybridized carbons (Fsp3) is 0.167. The van der Waals surface area contributed by atoms with Crippen LogP contribution in [0.25, 0.3) is 0 Å². The first kappa shape index (κ1) is 8.72. The van der Waals surface area contributed by atoms with E-state index in [-0.39, 0.29) is 0 Å². The molecule has 0 saturated carbocycles. The van der Waals surface area contributed by atoms with Gasteiger partial charge < -0.3 is 0 Å². The van der Waals surface area contributed by atoms with Crippen LogP contribution in [0.4, 0.5) is 0 Å². The Morgan fingerprint density at radius 2 is 2.33 bits per heavy atom. The van der Waals surface area contributed by atoms with Gasteiger partial charge in [-0.3, -0.25) is 4.98 Å². The van der Waals surface area contributed by atoms with Gasteiger partial charge in [-0.05, 0) is 11.8 Å². The van der Waals surface area contributed by atoms with Crippen molar-refractivity contribution in [1.82, 2.24) is 4.98 Å². The zero-order valence-corrected chi connectivity index (χ0v) is 6.95. The molecule has 1 heterocycles. The number of rotatable bonds is 0. The van der Waals surface area contributed by atoms with Crippen molar-refractivity contribution < 1.29 is 0 Å². The molecule has 0 atom stereocenters. The molecule has 1 aromatic rings. The molecule has 0 spiro atoms. The topological polar surface area (TPSA) is 12.9 Å². The molecule has 0 unspecified atom stereocenters. The van der Waals surface area contributed by atoms with Gasteiger partial charge in [0.25, 0.3) is 0 Å². The summed E-state index contributed by atoms with van der Waals surface area (Å²) in [5.41, 5.74) is 1.79. The van der Waals surface area contributed by atoms with Gasteiger partial charge in [-0.1, -0.05) is 6.58 Å². The lowest BCUT2D eigenvalue weighted by Gasteiger charge is -1.64. The lowest BCUT2D eigenvalue weighted by Crippen LogP contribution is -1.38. The Morgan fingerprint density at radius 1 is 1.78 bits per heavy atom. The highest BCUT2D eigenvalue weighted by Gasteiger charge is 1.59. The van der Waals surface area contributed by atoms with Crippen molar-refractivity contribution in [2.75, 3.05) is 0 Å². The van der Waals surface area contributed by atoms with Gasteiger partial charge in [-0.25, -0.2) is 0 Å². The zero-order chi connectivity index (χ0) is 7.11. The molecule has 0 N–H and O–H groups in total. The Hall–Kier alpha value is -0.280. The van der Waals surface area contributed by atoms with E-state index < -0.39 is 0 Å². The molecule has 0 fully saturated rings. The van der Waals surface area contributed by atoms with Crippen LogP contribution in [0.15, 0.2) is 28.6 Å². The van der Waals surface area contributed by atoms with Crippen LogP contribution in [0.1, 0.15) is 6.92 Å². The van der Waals surface area contributed by atoms with Crippen molar-refractivity contribution in [3.63, 3.8) is 0 Å². The SMILES string of the molecule is C=C(C)S.c1cscn1. The maximum Gasteiger partial charge on any atom is 0.0791 e. The molecule has 0 amide bonds. The summed E-state index contributed by atoms with van der Waals surface area (Å²) in [7, 11) is 0. The Labute approximate surface area is 64.9 Å². The van der Waals surface area contributed by atoms with Gasteiger partial charge in [0.15, 0.2) is 0 Å². The summed E-state index contributed by atoms with van der Waals surface area (Å²) < 4.78 is 0. The summed E-state index contributed by atoms with van der Waals surface area (Å²) in [6.07, 6.45) is 1.77. The number of thiol groups is 1. The van der Waals surface area contributed by atoms with E-state index in [1.54, 1.807) is 23.0 Å². The second kappa shape index (κ2) is 5.85. The lowest BCUT2D eigenvalue weighted by atomic mass is 10.8. The number of nitrogens with zero attached hydrogens (tertiary/aromatic N) is 1. The van der Waals surface area contributed by atoms with E-state index in [4.69, 9.17) is 0 Å². The quantitative estimate of drug-likeness (QED) is 0.574. The molecule has 1 rings (SSSR count). The third kappa shape index (κ3) is 11.3. The predicted octanol–water partition coefficient (Wildman–Crippen LogP) is 2.59. The Bertz CT molecular complexity index is 125. The van der Waals surface area contributed by atoms with Crippen molar-refractivity contribution in [2.24, 2.45) is 0 Å². The molecule has 1 aromatic heterocycles. The summed E-state index contributed by atoms with van der Waals surface area (Å²) in [6, 6.07) is 0. The van der Waals surface area contributed by atoms with E-state index in [2.05, 4.69) is 24.2 Å². The van der Waals surface area contributed by atoms with Gasteiger partial charge in [0.05, 0.1) is 5.51 Å². The first-order valence-electron chi connectivity index (χ1n) is 2.40. The largest absolute Gasteiger partial charge is 0.253 e. The Morgan fingerprint density at radius 3 is 2.44 bits per heavy atom. The standard InChI is InChI=1S/C3H3NS.C3H6S/c1-2-5-3-4-1;1-3(2)4/h1-3H;4H,1H2,2H3. The Balaban J connectivity index is 0.000000148. The third-order valence-electron chi connectivity index (χ3n) is 0.347. The number of hydrogen-bond acceptors (Lipinski definition) is 3. The van der Waals surface area contributed by atoms with E-state index in [1.165, 1.54) is 0 Å². The fourth-order valence-corrected chi connectivity index (χ4v) is 0.527. The summed E-state index contributed by atoms with van der Waals surface area (Å²) in [5, 5.41) is 1.93. The van der Waals surface area contributed by atoms with E-state index in [0.717, 1.165) is 4.91 Å². The molecular weight excluding hydrogens is 150 g/mol. The summed E-state index contributed by atoms with van der Waals surface area (Å²) in [5.74, 6) is 0. The van der Waals surface area contributed by atoms with Crippen molar-refractivity contribution in [3.05, 3.63) is 28.6 Å². The van der Waals surface area contributed by atoms with Crippen LogP contribution in [-0.4, -0.2) is 4.98 Å². The minimum absolute atomic E-state index is 0.861. The molecule has 0 aliphatic carbocycles. The van der Waals surface area contributed by atoms with Crippen LogP contribution in [0.3, 0.4) is 0 Å². The van der Waals surface area contributed by atoms with Crippen LogP contribution in [-0.2, 0) is 0 Å². The fourth-order valence-electron chi connectivity index (χ4n) is 0.176. The number of allylic oxidation sites excluding steroid dienone is 1. The molecule has 0 aromatic carbocycles. The molecule has 50 valence electrons. The highest BCUT2D eigenvalue weighted by atomic mass is 32.1. The summed E-state index contributed by atoms with van der Waals surface area (Å²) >= 11 is 5.37. The average molecular weight is 159 g/mol. The number of hydrogen-bond donors (Lipinski definition) is 1. The third-order valence-corrected chi connectivity index (χ3v) is 0.869. The number of thiazole rings is 1. The summed E-state index contributed by atoms with van der Waals surface area (Å²) in [6.45, 7) is 5.26. The maximum absolute atomic E-state index is 3.77. The molecule has 0 saturated heterocycles. The van der Waals surface area contributed by atoms with E-state index in [9.17, 15) is 0 Å². The summed E-state index contributed by atoms with van der Waals surface area (Å²) in [4.78, 5) is 4.60. The van der Waals surface area contributed by atoms with Gasteiger partial charge >= 0.3 is 0 Å². The maximum atomic E-state index is 3.77. The molecule has 0 aliphatic heterocycles. The van der Waals surface area contributed by atoms with Crippen LogP contribution < -0.4 is 0 Å². The first-order chi connectivity index (χ1) is 4.23. The molecular formula is C6H9NS2.